The molecule has 0 spiro atoms. The van der Waals surface area contributed by atoms with Crippen LogP contribution in [0.3, 0.4) is 0 Å². The fraction of sp³-hybridized carbons (Fsp3) is 0.421. The molecule has 0 amide bonds. The minimum atomic E-state index is -3.70. The van der Waals surface area contributed by atoms with E-state index in [0.717, 1.165) is 11.3 Å². The summed E-state index contributed by atoms with van der Waals surface area (Å²) in [5.74, 6) is -0.114. The van der Waals surface area contributed by atoms with Crippen LogP contribution in [0.15, 0.2) is 52.8 Å². The predicted molar refractivity (Wildman–Crippen MR) is 96.8 cm³/mol. The van der Waals surface area contributed by atoms with Crippen molar-refractivity contribution in [1.82, 2.24) is 4.31 Å². The Hall–Kier alpha value is -2.28. The van der Waals surface area contributed by atoms with E-state index in [1.807, 2.05) is 12.1 Å². The molecule has 1 aromatic carbocycles. The molecule has 6 nitrogen and oxygen atoms in total. The summed E-state index contributed by atoms with van der Waals surface area (Å²) in [5.41, 5.74) is 1.55. The van der Waals surface area contributed by atoms with Crippen molar-refractivity contribution >= 4 is 16.0 Å². The summed E-state index contributed by atoms with van der Waals surface area (Å²) in [4.78, 5) is 11.3. The third kappa shape index (κ3) is 3.35. The number of aryl methyl sites for hydroxylation is 1. The minimum Gasteiger partial charge on any atom is -0.501 e. The fourth-order valence-electron chi connectivity index (χ4n) is 3.74. The SMILES string of the molecule is COC1=CCC2C(C1)C(CCC(=O)O)=CN2S(=O)(=O)c1ccccc1C. The van der Waals surface area contributed by atoms with Crippen molar-refractivity contribution < 1.29 is 23.1 Å². The molecular weight excluding hydrogens is 354 g/mol. The van der Waals surface area contributed by atoms with Crippen molar-refractivity contribution in [3.05, 3.63) is 53.4 Å². The average Bonchev–Trinajstić information content (AvgIpc) is 2.98. The first-order chi connectivity index (χ1) is 12.3. The van der Waals surface area contributed by atoms with Gasteiger partial charge >= 0.3 is 5.97 Å². The normalized spacial score (nSPS) is 22.5. The van der Waals surface area contributed by atoms with Crippen molar-refractivity contribution in [1.29, 1.82) is 0 Å². The number of carbonyl (C=O) groups is 1. The van der Waals surface area contributed by atoms with Gasteiger partial charge in [0.15, 0.2) is 0 Å². The van der Waals surface area contributed by atoms with E-state index in [1.165, 1.54) is 4.31 Å². The number of nitrogens with zero attached hydrogens (tertiary/aromatic N) is 1. The van der Waals surface area contributed by atoms with Crippen molar-refractivity contribution in [2.75, 3.05) is 7.11 Å². The standard InChI is InChI=1S/C19H23NO5S/c1-13-5-3-4-6-18(13)26(23,24)20-12-14(7-10-19(21)22)16-11-15(25-2)8-9-17(16)20/h3-6,8,12,16-17H,7,9-11H2,1-2H3,(H,21,22). The lowest BCUT2D eigenvalue weighted by Gasteiger charge is -2.32. The van der Waals surface area contributed by atoms with Crippen LogP contribution in [0.2, 0.25) is 0 Å². The van der Waals surface area contributed by atoms with Gasteiger partial charge in [0, 0.05) is 25.0 Å². The molecule has 0 fully saturated rings. The maximum Gasteiger partial charge on any atom is 0.303 e. The first-order valence-electron chi connectivity index (χ1n) is 8.59. The Kier molecular flexibility index (Phi) is 5.09. The highest BCUT2D eigenvalue weighted by Gasteiger charge is 2.43. The van der Waals surface area contributed by atoms with E-state index in [2.05, 4.69) is 0 Å². The van der Waals surface area contributed by atoms with Crippen molar-refractivity contribution in [2.24, 2.45) is 5.92 Å². The van der Waals surface area contributed by atoms with E-state index in [-0.39, 0.29) is 23.3 Å². The molecule has 1 N–H and O–H groups in total. The summed E-state index contributed by atoms with van der Waals surface area (Å²) in [6.07, 6.45) is 5.03. The number of sulfonamides is 1. The van der Waals surface area contributed by atoms with Crippen molar-refractivity contribution in [2.45, 2.75) is 43.5 Å². The van der Waals surface area contributed by atoms with Gasteiger partial charge in [-0.3, -0.25) is 9.10 Å². The number of aliphatic carboxylic acids is 1. The summed E-state index contributed by atoms with van der Waals surface area (Å²) < 4.78 is 33.3. The van der Waals surface area contributed by atoms with Crippen LogP contribution in [0.25, 0.3) is 0 Å². The fourth-order valence-corrected chi connectivity index (χ4v) is 5.56. The van der Waals surface area contributed by atoms with Gasteiger partial charge in [0.1, 0.15) is 0 Å². The Labute approximate surface area is 153 Å². The van der Waals surface area contributed by atoms with Crippen LogP contribution in [-0.4, -0.2) is 37.0 Å². The van der Waals surface area contributed by atoms with Crippen molar-refractivity contribution in [3.63, 3.8) is 0 Å². The average molecular weight is 377 g/mol. The van der Waals surface area contributed by atoms with Crippen LogP contribution < -0.4 is 0 Å². The Morgan fingerprint density at radius 1 is 1.35 bits per heavy atom. The van der Waals surface area contributed by atoms with E-state index >= 15 is 0 Å². The zero-order valence-electron chi connectivity index (χ0n) is 14.9. The van der Waals surface area contributed by atoms with Crippen LogP contribution in [0.4, 0.5) is 0 Å². The number of ether oxygens (including phenoxy) is 1. The third-order valence-corrected chi connectivity index (χ3v) is 7.05. The Balaban J connectivity index is 1.99. The number of allylic oxidation sites excluding steroid dienone is 1. The molecule has 7 heteroatoms. The summed E-state index contributed by atoms with van der Waals surface area (Å²) in [7, 11) is -2.10. The quantitative estimate of drug-likeness (QED) is 0.824. The molecule has 1 aliphatic heterocycles. The maximum atomic E-state index is 13.3. The van der Waals surface area contributed by atoms with Gasteiger partial charge in [-0.15, -0.1) is 0 Å². The number of fused-ring (bicyclic) bond motifs is 1. The van der Waals surface area contributed by atoms with Crippen LogP contribution in [0, 0.1) is 12.8 Å². The van der Waals surface area contributed by atoms with Gasteiger partial charge in [-0.2, -0.15) is 0 Å². The molecule has 0 radical (unpaired) electrons. The van der Waals surface area contributed by atoms with E-state index in [4.69, 9.17) is 9.84 Å². The molecule has 2 aliphatic rings. The monoisotopic (exact) mass is 377 g/mol. The highest BCUT2D eigenvalue weighted by molar-refractivity contribution is 7.89. The summed E-state index contributed by atoms with van der Waals surface area (Å²) in [5, 5.41) is 9.01. The summed E-state index contributed by atoms with van der Waals surface area (Å²) in [6, 6.07) is 6.68. The Morgan fingerprint density at radius 3 is 2.73 bits per heavy atom. The number of carboxylic acid groups (broad SMARTS) is 1. The number of rotatable bonds is 6. The minimum absolute atomic E-state index is 0.0145. The molecule has 1 heterocycles. The zero-order valence-corrected chi connectivity index (χ0v) is 15.7. The lowest BCUT2D eigenvalue weighted by atomic mass is 9.83. The molecule has 0 saturated carbocycles. The molecule has 0 saturated heterocycles. The second-order valence-corrected chi connectivity index (χ2v) is 8.50. The third-order valence-electron chi connectivity index (χ3n) is 5.11. The predicted octanol–water partition coefficient (Wildman–Crippen LogP) is 3.06. The van der Waals surface area contributed by atoms with Gasteiger partial charge in [-0.25, -0.2) is 8.42 Å². The van der Waals surface area contributed by atoms with Gasteiger partial charge < -0.3 is 9.84 Å². The van der Waals surface area contributed by atoms with Gasteiger partial charge in [0.25, 0.3) is 10.0 Å². The van der Waals surface area contributed by atoms with Crippen LogP contribution in [0.5, 0.6) is 0 Å². The lowest BCUT2D eigenvalue weighted by molar-refractivity contribution is -0.136. The van der Waals surface area contributed by atoms with Crippen LogP contribution in [-0.2, 0) is 19.6 Å². The molecule has 140 valence electrons. The molecule has 26 heavy (non-hydrogen) atoms. The second kappa shape index (κ2) is 7.15. The number of methoxy groups -OCH3 is 1. The summed E-state index contributed by atoms with van der Waals surface area (Å²) >= 11 is 0. The largest absolute Gasteiger partial charge is 0.501 e. The van der Waals surface area contributed by atoms with Crippen molar-refractivity contribution in [3.8, 4) is 0 Å². The number of hydrogen-bond donors (Lipinski definition) is 1. The first-order valence-corrected chi connectivity index (χ1v) is 10.0. The number of hydrogen-bond acceptors (Lipinski definition) is 4. The highest BCUT2D eigenvalue weighted by atomic mass is 32.2. The van der Waals surface area contributed by atoms with E-state index in [9.17, 15) is 13.2 Å². The second-order valence-electron chi connectivity index (χ2n) is 6.69. The van der Waals surface area contributed by atoms with Crippen LogP contribution >= 0.6 is 0 Å². The number of benzene rings is 1. The Morgan fingerprint density at radius 2 is 2.08 bits per heavy atom. The van der Waals surface area contributed by atoms with Crippen LogP contribution in [0.1, 0.15) is 31.2 Å². The molecule has 2 unspecified atom stereocenters. The van der Waals surface area contributed by atoms with E-state index in [1.54, 1.807) is 38.4 Å². The summed E-state index contributed by atoms with van der Waals surface area (Å²) in [6.45, 7) is 1.78. The molecule has 3 rings (SSSR count). The van der Waals surface area contributed by atoms with Gasteiger partial charge in [-0.05, 0) is 43.0 Å². The molecular formula is C19H23NO5S. The first kappa shape index (κ1) is 18.5. The van der Waals surface area contributed by atoms with Gasteiger partial charge in [0.05, 0.1) is 23.8 Å². The molecule has 1 aromatic rings. The maximum absolute atomic E-state index is 13.3. The van der Waals surface area contributed by atoms with Gasteiger partial charge in [-0.1, -0.05) is 18.2 Å². The van der Waals surface area contributed by atoms with Gasteiger partial charge in [0.2, 0.25) is 0 Å². The molecule has 0 bridgehead atoms. The van der Waals surface area contributed by atoms with E-state index in [0.29, 0.717) is 24.8 Å². The lowest BCUT2D eigenvalue weighted by Crippen LogP contribution is -2.38. The topological polar surface area (TPSA) is 83.9 Å². The van der Waals surface area contributed by atoms with E-state index < -0.39 is 16.0 Å². The zero-order chi connectivity index (χ0) is 18.9. The highest BCUT2D eigenvalue weighted by Crippen LogP contribution is 2.43. The number of carboxylic acids is 1. The molecule has 0 aromatic heterocycles. The molecule has 2 atom stereocenters. The molecule has 1 aliphatic carbocycles. The Bertz CT molecular complexity index is 872. The smallest absolute Gasteiger partial charge is 0.303 e.